The second-order valence-electron chi connectivity index (χ2n) is 4.75. The number of thioether (sulfide) groups is 1. The van der Waals surface area contributed by atoms with Crippen molar-refractivity contribution in [3.63, 3.8) is 0 Å². The molecule has 112 valence electrons. The lowest BCUT2D eigenvalue weighted by atomic mass is 10.1. The fraction of sp³-hybridized carbons (Fsp3) is 0.333. The Hall–Kier alpha value is -1.41. The maximum atomic E-state index is 13.0. The van der Waals surface area contributed by atoms with Gasteiger partial charge in [0.25, 0.3) is 5.56 Å². The largest absolute Gasteiger partial charge is 0.417 e. The van der Waals surface area contributed by atoms with Gasteiger partial charge in [-0.05, 0) is 13.0 Å². The maximum Gasteiger partial charge on any atom is 0.417 e. The van der Waals surface area contributed by atoms with Crippen molar-refractivity contribution in [2.24, 2.45) is 0 Å². The summed E-state index contributed by atoms with van der Waals surface area (Å²) in [5.74, 6) is 0.398. The van der Waals surface area contributed by atoms with Gasteiger partial charge in [-0.1, -0.05) is 11.6 Å². The van der Waals surface area contributed by atoms with E-state index in [0.29, 0.717) is 11.8 Å². The molecule has 3 rings (SSSR count). The van der Waals surface area contributed by atoms with Crippen LogP contribution in [0.15, 0.2) is 20.6 Å². The Bertz CT molecular complexity index is 872. The number of nitrogens with one attached hydrogen (secondary N) is 1. The third-order valence-electron chi connectivity index (χ3n) is 3.33. The van der Waals surface area contributed by atoms with E-state index < -0.39 is 28.0 Å². The highest BCUT2D eigenvalue weighted by Crippen LogP contribution is 2.45. The summed E-state index contributed by atoms with van der Waals surface area (Å²) in [4.78, 5) is 25.9. The average Bonchev–Trinajstić information content (AvgIpc) is 2.35. The van der Waals surface area contributed by atoms with Crippen LogP contribution in [0.5, 0.6) is 0 Å². The summed E-state index contributed by atoms with van der Waals surface area (Å²) < 4.78 is 40.4. The van der Waals surface area contributed by atoms with Crippen molar-refractivity contribution in [2.45, 2.75) is 24.0 Å². The van der Waals surface area contributed by atoms with E-state index in [-0.39, 0.29) is 21.8 Å². The molecule has 0 spiro atoms. The standard InChI is InChI=1S/C12H8ClF3N2O2S/c1-4-3-21-9-7(13)6(12(14,15)16)2-5-8(9)18(4)11(20)17-10(5)19/h2,4H,3H2,1H3,(H,17,19,20)/t4-/m0/s1. The molecule has 0 saturated carbocycles. The summed E-state index contributed by atoms with van der Waals surface area (Å²) in [7, 11) is 0. The molecule has 1 aromatic heterocycles. The first kappa shape index (κ1) is 14.5. The van der Waals surface area contributed by atoms with Crippen LogP contribution < -0.4 is 11.2 Å². The predicted octanol–water partition coefficient (Wildman–Crippen LogP) is 3.03. The van der Waals surface area contributed by atoms with Crippen molar-refractivity contribution >= 4 is 34.3 Å². The second kappa shape index (κ2) is 4.54. The van der Waals surface area contributed by atoms with Gasteiger partial charge in [0.15, 0.2) is 0 Å². The van der Waals surface area contributed by atoms with Crippen molar-refractivity contribution in [2.75, 3.05) is 5.75 Å². The van der Waals surface area contributed by atoms with Gasteiger partial charge in [0.05, 0.1) is 26.4 Å². The lowest BCUT2D eigenvalue weighted by Gasteiger charge is -2.26. The lowest BCUT2D eigenvalue weighted by Crippen LogP contribution is -2.35. The Labute approximate surface area is 124 Å². The SMILES string of the molecule is C[C@H]1CSc2c(Cl)c(C(F)(F)F)cc3c(=O)[nH]c(=O)n1c23. The molecule has 0 unspecified atom stereocenters. The topological polar surface area (TPSA) is 54.9 Å². The zero-order valence-electron chi connectivity index (χ0n) is 10.5. The Morgan fingerprint density at radius 2 is 2.10 bits per heavy atom. The number of nitrogens with zero attached hydrogens (tertiary/aromatic N) is 1. The number of hydrogen-bond donors (Lipinski definition) is 1. The zero-order valence-corrected chi connectivity index (χ0v) is 12.1. The van der Waals surface area contributed by atoms with Gasteiger partial charge in [0.2, 0.25) is 0 Å². The number of H-pyrrole nitrogens is 1. The Morgan fingerprint density at radius 3 is 2.71 bits per heavy atom. The minimum Gasteiger partial charge on any atom is -0.289 e. The third kappa shape index (κ3) is 2.08. The first-order valence-corrected chi connectivity index (χ1v) is 7.29. The van der Waals surface area contributed by atoms with Crippen molar-refractivity contribution in [1.82, 2.24) is 9.55 Å². The van der Waals surface area contributed by atoms with Gasteiger partial charge in [0.1, 0.15) is 0 Å². The van der Waals surface area contributed by atoms with Gasteiger partial charge >= 0.3 is 11.9 Å². The summed E-state index contributed by atoms with van der Waals surface area (Å²) in [5, 5.41) is -0.647. The molecule has 1 atom stereocenters. The van der Waals surface area contributed by atoms with E-state index in [9.17, 15) is 22.8 Å². The highest BCUT2D eigenvalue weighted by molar-refractivity contribution is 7.99. The van der Waals surface area contributed by atoms with Crippen LogP contribution in [0.1, 0.15) is 18.5 Å². The highest BCUT2D eigenvalue weighted by atomic mass is 35.5. The average molecular weight is 337 g/mol. The number of alkyl halides is 3. The molecule has 0 bridgehead atoms. The van der Waals surface area contributed by atoms with Gasteiger partial charge in [-0.3, -0.25) is 14.3 Å². The van der Waals surface area contributed by atoms with Crippen LogP contribution in [0.2, 0.25) is 5.02 Å². The molecular weight excluding hydrogens is 329 g/mol. The number of hydrogen-bond acceptors (Lipinski definition) is 3. The van der Waals surface area contributed by atoms with Gasteiger partial charge in [-0.15, -0.1) is 11.8 Å². The van der Waals surface area contributed by atoms with Crippen molar-refractivity contribution in [3.8, 4) is 0 Å². The number of halogens is 4. The minimum atomic E-state index is -4.67. The van der Waals surface area contributed by atoms with Crippen LogP contribution >= 0.6 is 23.4 Å². The van der Waals surface area contributed by atoms with E-state index in [1.807, 2.05) is 0 Å². The predicted molar refractivity (Wildman–Crippen MR) is 74.3 cm³/mol. The molecule has 1 aliphatic rings. The van der Waals surface area contributed by atoms with E-state index in [1.165, 1.54) is 4.57 Å². The number of rotatable bonds is 0. The summed E-state index contributed by atoms with van der Waals surface area (Å²) in [5.41, 5.74) is -2.38. The van der Waals surface area contributed by atoms with Crippen molar-refractivity contribution < 1.29 is 13.2 Å². The van der Waals surface area contributed by atoms with E-state index in [1.54, 1.807) is 6.92 Å². The molecule has 1 aromatic carbocycles. The van der Waals surface area contributed by atoms with E-state index in [2.05, 4.69) is 4.98 Å². The van der Waals surface area contributed by atoms with Crippen LogP contribution in [-0.4, -0.2) is 15.3 Å². The fourth-order valence-corrected chi connectivity index (χ4v) is 3.95. The molecule has 0 fully saturated rings. The third-order valence-corrected chi connectivity index (χ3v) is 5.17. The molecule has 0 amide bonds. The molecule has 0 radical (unpaired) electrons. The number of benzene rings is 1. The molecule has 1 N–H and O–H groups in total. The summed E-state index contributed by atoms with van der Waals surface area (Å²) in [6.45, 7) is 1.75. The quantitative estimate of drug-likeness (QED) is 0.804. The van der Waals surface area contributed by atoms with E-state index in [4.69, 9.17) is 11.6 Å². The van der Waals surface area contributed by atoms with Crippen LogP contribution in [0.25, 0.3) is 10.9 Å². The molecule has 0 aliphatic carbocycles. The molecule has 1 aliphatic heterocycles. The summed E-state index contributed by atoms with van der Waals surface area (Å²) in [6.07, 6.45) is -4.67. The molecule has 0 saturated heterocycles. The monoisotopic (exact) mass is 336 g/mol. The Balaban J connectivity index is 2.58. The highest BCUT2D eigenvalue weighted by Gasteiger charge is 2.37. The normalized spacial score (nSPS) is 18.2. The molecular formula is C12H8ClF3N2O2S. The molecule has 4 nitrogen and oxygen atoms in total. The van der Waals surface area contributed by atoms with Crippen LogP contribution in [0.3, 0.4) is 0 Å². The molecule has 2 aromatic rings. The molecule has 21 heavy (non-hydrogen) atoms. The van der Waals surface area contributed by atoms with Gasteiger partial charge < -0.3 is 0 Å². The van der Waals surface area contributed by atoms with Gasteiger partial charge in [-0.2, -0.15) is 13.2 Å². The van der Waals surface area contributed by atoms with Crippen molar-refractivity contribution in [1.29, 1.82) is 0 Å². The minimum absolute atomic E-state index is 0.128. The summed E-state index contributed by atoms with van der Waals surface area (Å²) >= 11 is 6.98. The van der Waals surface area contributed by atoms with Gasteiger partial charge in [-0.25, -0.2) is 4.79 Å². The van der Waals surface area contributed by atoms with Crippen LogP contribution in [0, 0.1) is 0 Å². The lowest BCUT2D eigenvalue weighted by molar-refractivity contribution is -0.137. The second-order valence-corrected chi connectivity index (χ2v) is 6.16. The van der Waals surface area contributed by atoms with Crippen LogP contribution in [-0.2, 0) is 6.18 Å². The summed E-state index contributed by atoms with van der Waals surface area (Å²) in [6, 6.07) is 0.455. The maximum absolute atomic E-state index is 13.0. The smallest absolute Gasteiger partial charge is 0.289 e. The van der Waals surface area contributed by atoms with Gasteiger partial charge in [0, 0.05) is 11.8 Å². The van der Waals surface area contributed by atoms with Crippen molar-refractivity contribution in [3.05, 3.63) is 37.5 Å². The molecule has 9 heteroatoms. The Kier molecular flexibility index (Phi) is 3.14. The number of aromatic nitrogens is 2. The Morgan fingerprint density at radius 1 is 1.43 bits per heavy atom. The molecule has 2 heterocycles. The fourth-order valence-electron chi connectivity index (χ4n) is 2.40. The number of aromatic amines is 1. The first-order valence-electron chi connectivity index (χ1n) is 5.93. The zero-order chi connectivity index (χ0) is 15.5. The first-order chi connectivity index (χ1) is 9.71. The van der Waals surface area contributed by atoms with Crippen LogP contribution in [0.4, 0.5) is 13.2 Å². The van der Waals surface area contributed by atoms with E-state index >= 15 is 0 Å². The van der Waals surface area contributed by atoms with E-state index in [0.717, 1.165) is 11.8 Å².